The topological polar surface area (TPSA) is 79.0 Å². The van der Waals surface area contributed by atoms with Gasteiger partial charge in [0.05, 0.1) is 10.8 Å². The Balaban J connectivity index is 1.54. The molecule has 1 aromatic rings. The molecule has 8 heteroatoms. The molecule has 0 aromatic carbocycles. The second-order valence-electron chi connectivity index (χ2n) is 9.30. The first-order chi connectivity index (χ1) is 14.1. The second kappa shape index (κ2) is 9.37. The van der Waals surface area contributed by atoms with E-state index in [0.29, 0.717) is 19.6 Å². The van der Waals surface area contributed by atoms with E-state index in [1.54, 1.807) is 4.90 Å². The molecule has 0 saturated carbocycles. The van der Waals surface area contributed by atoms with Crippen molar-refractivity contribution >= 4 is 29.2 Å². The van der Waals surface area contributed by atoms with Crippen molar-refractivity contribution in [1.82, 2.24) is 15.1 Å². The summed E-state index contributed by atoms with van der Waals surface area (Å²) in [6.45, 7) is 9.72. The number of nitrogens with zero attached hydrogens (tertiary/aromatic N) is 2. The summed E-state index contributed by atoms with van der Waals surface area (Å²) < 4.78 is 5.45. The van der Waals surface area contributed by atoms with Gasteiger partial charge in [0.2, 0.25) is 5.91 Å². The molecule has 166 valence electrons. The van der Waals surface area contributed by atoms with E-state index in [9.17, 15) is 14.4 Å². The molecule has 2 fully saturated rings. The molecule has 0 aliphatic carbocycles. The highest BCUT2D eigenvalue weighted by Gasteiger charge is 2.33. The number of rotatable bonds is 3. The number of likely N-dealkylation sites (tertiary alicyclic amines) is 2. The number of hydrogen-bond donors (Lipinski definition) is 1. The van der Waals surface area contributed by atoms with Crippen LogP contribution in [-0.2, 0) is 9.53 Å². The lowest BCUT2D eigenvalue weighted by atomic mass is 9.96. The Labute approximate surface area is 182 Å². The SMILES string of the molecule is Cc1ccsc1C(=O)N1CCC[C@H](NC(=O)[C@@H]2CCCN(C(=O)OC(C)(C)C)C2)C1. The van der Waals surface area contributed by atoms with Crippen LogP contribution in [0.25, 0.3) is 0 Å². The van der Waals surface area contributed by atoms with E-state index < -0.39 is 5.60 Å². The average molecular weight is 436 g/mol. The van der Waals surface area contributed by atoms with Gasteiger partial charge in [0.15, 0.2) is 0 Å². The van der Waals surface area contributed by atoms with Gasteiger partial charge in [0.25, 0.3) is 5.91 Å². The molecular formula is C22H33N3O4S. The van der Waals surface area contributed by atoms with Crippen LogP contribution >= 0.6 is 11.3 Å². The Morgan fingerprint density at radius 1 is 1.10 bits per heavy atom. The van der Waals surface area contributed by atoms with E-state index in [2.05, 4.69) is 5.32 Å². The highest BCUT2D eigenvalue weighted by molar-refractivity contribution is 7.12. The van der Waals surface area contributed by atoms with Crippen LogP contribution in [0.1, 0.15) is 61.7 Å². The molecule has 0 unspecified atom stereocenters. The Hall–Kier alpha value is -2.09. The van der Waals surface area contributed by atoms with Gasteiger partial charge < -0.3 is 19.9 Å². The van der Waals surface area contributed by atoms with Gasteiger partial charge in [-0.25, -0.2) is 4.79 Å². The number of piperidine rings is 2. The molecule has 3 amide bonds. The van der Waals surface area contributed by atoms with Crippen molar-refractivity contribution in [2.75, 3.05) is 26.2 Å². The van der Waals surface area contributed by atoms with Gasteiger partial charge in [0.1, 0.15) is 5.60 Å². The average Bonchev–Trinajstić information content (AvgIpc) is 3.12. The first kappa shape index (κ1) is 22.6. The van der Waals surface area contributed by atoms with E-state index in [-0.39, 0.29) is 29.9 Å². The summed E-state index contributed by atoms with van der Waals surface area (Å²) in [5, 5.41) is 5.07. The van der Waals surface area contributed by atoms with Crippen LogP contribution in [0.15, 0.2) is 11.4 Å². The van der Waals surface area contributed by atoms with Crippen LogP contribution in [-0.4, -0.2) is 65.5 Å². The summed E-state index contributed by atoms with van der Waals surface area (Å²) in [5.74, 6) is -0.220. The summed E-state index contributed by atoms with van der Waals surface area (Å²) in [5.41, 5.74) is 0.450. The van der Waals surface area contributed by atoms with Crippen molar-refractivity contribution in [3.63, 3.8) is 0 Å². The van der Waals surface area contributed by atoms with Crippen LogP contribution in [0.5, 0.6) is 0 Å². The van der Waals surface area contributed by atoms with Crippen molar-refractivity contribution in [3.8, 4) is 0 Å². The molecule has 0 radical (unpaired) electrons. The molecule has 1 aromatic heterocycles. The Morgan fingerprint density at radius 3 is 2.47 bits per heavy atom. The van der Waals surface area contributed by atoms with Gasteiger partial charge in [-0.05, 0) is 70.4 Å². The highest BCUT2D eigenvalue weighted by Crippen LogP contribution is 2.22. The van der Waals surface area contributed by atoms with Crippen LogP contribution in [0.4, 0.5) is 4.79 Å². The lowest BCUT2D eigenvalue weighted by molar-refractivity contribution is -0.127. The van der Waals surface area contributed by atoms with E-state index in [0.717, 1.165) is 42.7 Å². The smallest absolute Gasteiger partial charge is 0.410 e. The summed E-state index contributed by atoms with van der Waals surface area (Å²) in [7, 11) is 0. The fraction of sp³-hybridized carbons (Fsp3) is 0.682. The van der Waals surface area contributed by atoms with E-state index in [1.165, 1.54) is 11.3 Å². The zero-order chi connectivity index (χ0) is 21.9. The first-order valence-corrected chi connectivity index (χ1v) is 11.6. The van der Waals surface area contributed by atoms with E-state index >= 15 is 0 Å². The van der Waals surface area contributed by atoms with Gasteiger partial charge in [0, 0.05) is 32.2 Å². The number of thiophene rings is 1. The monoisotopic (exact) mass is 435 g/mol. The molecular weight excluding hydrogens is 402 g/mol. The number of nitrogens with one attached hydrogen (secondary N) is 1. The molecule has 1 N–H and O–H groups in total. The van der Waals surface area contributed by atoms with Crippen molar-refractivity contribution in [1.29, 1.82) is 0 Å². The highest BCUT2D eigenvalue weighted by atomic mass is 32.1. The zero-order valence-electron chi connectivity index (χ0n) is 18.4. The molecule has 2 saturated heterocycles. The van der Waals surface area contributed by atoms with Crippen molar-refractivity contribution in [2.24, 2.45) is 5.92 Å². The number of hydrogen-bond acceptors (Lipinski definition) is 5. The van der Waals surface area contributed by atoms with Gasteiger partial charge in [-0.15, -0.1) is 11.3 Å². The van der Waals surface area contributed by atoms with Gasteiger partial charge in [-0.1, -0.05) is 0 Å². The predicted molar refractivity (Wildman–Crippen MR) is 117 cm³/mol. The largest absolute Gasteiger partial charge is 0.444 e. The zero-order valence-corrected chi connectivity index (χ0v) is 19.2. The maximum atomic E-state index is 12.9. The summed E-state index contributed by atoms with van der Waals surface area (Å²) in [6.07, 6.45) is 2.91. The van der Waals surface area contributed by atoms with Crippen LogP contribution in [0.3, 0.4) is 0 Å². The molecule has 2 aliphatic heterocycles. The standard InChI is InChI=1S/C22H33N3O4S/c1-15-9-12-30-18(15)20(27)24-10-6-8-17(14-24)23-19(26)16-7-5-11-25(13-16)21(28)29-22(2,3)4/h9,12,16-17H,5-8,10-11,13-14H2,1-4H3,(H,23,26)/t16-,17+/m1/s1. The molecule has 3 rings (SSSR count). The van der Waals surface area contributed by atoms with Crippen molar-refractivity contribution in [3.05, 3.63) is 21.9 Å². The number of carbonyl (C=O) groups is 3. The van der Waals surface area contributed by atoms with Crippen LogP contribution in [0.2, 0.25) is 0 Å². The Morgan fingerprint density at radius 2 is 1.80 bits per heavy atom. The second-order valence-corrected chi connectivity index (χ2v) is 10.2. The third kappa shape index (κ3) is 5.74. The Bertz CT molecular complexity index is 786. The molecule has 30 heavy (non-hydrogen) atoms. The lowest BCUT2D eigenvalue weighted by Gasteiger charge is -2.36. The van der Waals surface area contributed by atoms with Crippen molar-refractivity contribution < 1.29 is 19.1 Å². The molecule has 0 spiro atoms. The minimum Gasteiger partial charge on any atom is -0.444 e. The molecule has 3 heterocycles. The van der Waals surface area contributed by atoms with Crippen LogP contribution in [0, 0.1) is 12.8 Å². The van der Waals surface area contributed by atoms with Gasteiger partial charge >= 0.3 is 6.09 Å². The number of aryl methyl sites for hydroxylation is 1. The molecule has 2 aliphatic rings. The molecule has 7 nitrogen and oxygen atoms in total. The summed E-state index contributed by atoms with van der Waals surface area (Å²) in [4.78, 5) is 42.3. The minimum atomic E-state index is -0.550. The summed E-state index contributed by atoms with van der Waals surface area (Å²) >= 11 is 1.47. The fourth-order valence-electron chi connectivity index (χ4n) is 4.02. The fourth-order valence-corrected chi connectivity index (χ4v) is 4.91. The number of carbonyl (C=O) groups excluding carboxylic acids is 3. The van der Waals surface area contributed by atoms with Crippen LogP contribution < -0.4 is 5.32 Å². The van der Waals surface area contributed by atoms with Gasteiger partial charge in [-0.2, -0.15) is 0 Å². The minimum absolute atomic E-state index is 0.0325. The Kier molecular flexibility index (Phi) is 7.06. The summed E-state index contributed by atoms with van der Waals surface area (Å²) in [6, 6.07) is 1.91. The lowest BCUT2D eigenvalue weighted by Crippen LogP contribution is -2.53. The quantitative estimate of drug-likeness (QED) is 0.789. The van der Waals surface area contributed by atoms with Gasteiger partial charge in [-0.3, -0.25) is 9.59 Å². The predicted octanol–water partition coefficient (Wildman–Crippen LogP) is 3.42. The molecule has 2 atom stereocenters. The number of amides is 3. The maximum absolute atomic E-state index is 12.9. The van der Waals surface area contributed by atoms with E-state index in [4.69, 9.17) is 4.74 Å². The van der Waals surface area contributed by atoms with Crippen molar-refractivity contribution in [2.45, 2.75) is 65.0 Å². The third-order valence-electron chi connectivity index (χ3n) is 5.56. The normalized spacial score (nSPS) is 22.5. The number of ether oxygens (including phenoxy) is 1. The molecule has 0 bridgehead atoms. The maximum Gasteiger partial charge on any atom is 0.410 e. The first-order valence-electron chi connectivity index (χ1n) is 10.8. The third-order valence-corrected chi connectivity index (χ3v) is 6.56. The van der Waals surface area contributed by atoms with E-state index in [1.807, 2.05) is 44.0 Å².